The summed E-state index contributed by atoms with van der Waals surface area (Å²) in [7, 11) is 1.62. The molecule has 0 saturated carbocycles. The molecule has 0 saturated heterocycles. The van der Waals surface area contributed by atoms with Crippen LogP contribution in [0.25, 0.3) is 0 Å². The van der Waals surface area contributed by atoms with Crippen LogP contribution in [0.2, 0.25) is 0 Å². The molecule has 1 unspecified atom stereocenters. The van der Waals surface area contributed by atoms with Crippen LogP contribution in [0.4, 0.5) is 0 Å². The fourth-order valence-electron chi connectivity index (χ4n) is 2.23. The third kappa shape index (κ3) is 3.39. The number of ketones is 1. The zero-order chi connectivity index (χ0) is 14.4. The maximum Gasteiger partial charge on any atom is 0.163 e. The normalized spacial score (nSPS) is 14.0. The number of carbonyl (C=O) groups is 1. The molecule has 1 aliphatic rings. The lowest BCUT2D eigenvalue weighted by molar-refractivity contribution is 0.0967. The van der Waals surface area contributed by atoms with Gasteiger partial charge in [-0.3, -0.25) is 4.79 Å². The van der Waals surface area contributed by atoms with Gasteiger partial charge in [0.2, 0.25) is 0 Å². The molecule has 1 aliphatic carbocycles. The number of hydrogen-bond acceptors (Lipinski definition) is 2. The van der Waals surface area contributed by atoms with Crippen LogP contribution in [0.3, 0.4) is 0 Å². The highest BCUT2D eigenvalue weighted by Crippen LogP contribution is 2.24. The standard InChI is InChI=1S/C18H18O2/c1-3-14(15-7-5-4-6-8-15)13-18(19)16-9-11-17(20-2)12-10-16/h5,7-12,14H,3,13H2,1-2H3. The van der Waals surface area contributed by atoms with Gasteiger partial charge in [-0.2, -0.15) is 0 Å². The minimum Gasteiger partial charge on any atom is -0.497 e. The predicted molar refractivity (Wildman–Crippen MR) is 80.0 cm³/mol. The van der Waals surface area contributed by atoms with E-state index in [0.29, 0.717) is 6.42 Å². The summed E-state index contributed by atoms with van der Waals surface area (Å²) >= 11 is 0. The summed E-state index contributed by atoms with van der Waals surface area (Å²) in [5.41, 5.74) is 7.72. The van der Waals surface area contributed by atoms with Gasteiger partial charge in [-0.1, -0.05) is 18.4 Å². The molecule has 0 N–H and O–H groups in total. The molecule has 20 heavy (non-hydrogen) atoms. The van der Waals surface area contributed by atoms with E-state index < -0.39 is 0 Å². The van der Waals surface area contributed by atoms with Gasteiger partial charge in [0.15, 0.2) is 5.78 Å². The van der Waals surface area contributed by atoms with Gasteiger partial charge in [-0.15, -0.1) is 0 Å². The summed E-state index contributed by atoms with van der Waals surface area (Å²) in [5.74, 6) is 1.16. The molecule has 1 atom stereocenters. The molecule has 2 heteroatoms. The van der Waals surface area contributed by atoms with Crippen molar-refractivity contribution in [3.8, 4) is 5.75 Å². The average molecular weight is 266 g/mol. The van der Waals surface area contributed by atoms with Crippen LogP contribution >= 0.6 is 0 Å². The lowest BCUT2D eigenvalue weighted by Crippen LogP contribution is -2.10. The molecule has 0 heterocycles. The second-order valence-electron chi connectivity index (χ2n) is 4.73. The lowest BCUT2D eigenvalue weighted by atomic mass is 9.88. The Hall–Kier alpha value is -2.27. The van der Waals surface area contributed by atoms with Crippen LogP contribution in [-0.2, 0) is 0 Å². The zero-order valence-corrected chi connectivity index (χ0v) is 11.8. The molecular formula is C18H18O2. The first kappa shape index (κ1) is 14.1. The Balaban J connectivity index is 2.07. The zero-order valence-electron chi connectivity index (χ0n) is 11.8. The first-order valence-electron chi connectivity index (χ1n) is 6.79. The smallest absolute Gasteiger partial charge is 0.163 e. The Morgan fingerprint density at radius 1 is 1.25 bits per heavy atom. The molecule has 0 bridgehead atoms. The molecule has 0 amide bonds. The number of rotatable bonds is 6. The number of methoxy groups -OCH3 is 1. The number of carbonyl (C=O) groups excluding carboxylic acids is 1. The SMILES string of the molecule is CCC(CC(=O)c1ccc(OC)cc1)C1=CC=C=C=C1. The maximum atomic E-state index is 12.3. The van der Waals surface area contributed by atoms with Gasteiger partial charge in [0, 0.05) is 12.0 Å². The quantitative estimate of drug-likeness (QED) is 0.572. The lowest BCUT2D eigenvalue weighted by Gasteiger charge is -2.15. The van der Waals surface area contributed by atoms with Crippen molar-refractivity contribution in [2.24, 2.45) is 5.92 Å². The highest BCUT2D eigenvalue weighted by molar-refractivity contribution is 5.96. The second kappa shape index (κ2) is 6.77. The Morgan fingerprint density at radius 3 is 2.55 bits per heavy atom. The van der Waals surface area contributed by atoms with E-state index in [2.05, 4.69) is 18.4 Å². The molecule has 0 fully saturated rings. The van der Waals surface area contributed by atoms with Gasteiger partial charge >= 0.3 is 0 Å². The van der Waals surface area contributed by atoms with Crippen molar-refractivity contribution in [1.82, 2.24) is 0 Å². The van der Waals surface area contributed by atoms with E-state index in [1.165, 1.54) is 0 Å². The topological polar surface area (TPSA) is 26.3 Å². The number of allylic oxidation sites excluding steroid dienone is 4. The van der Waals surface area contributed by atoms with Gasteiger partial charge in [0.25, 0.3) is 0 Å². The van der Waals surface area contributed by atoms with Crippen LogP contribution < -0.4 is 4.74 Å². The summed E-state index contributed by atoms with van der Waals surface area (Å²) < 4.78 is 5.10. The summed E-state index contributed by atoms with van der Waals surface area (Å²) in [6.07, 6.45) is 7.21. The molecule has 2 rings (SSSR count). The maximum absolute atomic E-state index is 12.3. The van der Waals surface area contributed by atoms with E-state index in [9.17, 15) is 4.79 Å². The van der Waals surface area contributed by atoms with E-state index in [1.54, 1.807) is 7.11 Å². The van der Waals surface area contributed by atoms with Crippen LogP contribution in [-0.4, -0.2) is 12.9 Å². The van der Waals surface area contributed by atoms with Crippen LogP contribution in [0.5, 0.6) is 5.75 Å². The summed E-state index contributed by atoms with van der Waals surface area (Å²) in [6.45, 7) is 2.10. The number of benzene rings is 1. The highest BCUT2D eigenvalue weighted by Gasteiger charge is 2.16. The fraction of sp³-hybridized carbons (Fsp3) is 0.278. The Labute approximate surface area is 119 Å². The largest absolute Gasteiger partial charge is 0.497 e. The third-order valence-electron chi connectivity index (χ3n) is 3.49. The molecule has 0 spiro atoms. The van der Waals surface area contributed by atoms with Crippen LogP contribution in [0.1, 0.15) is 30.1 Å². The Kier molecular flexibility index (Phi) is 4.79. The monoisotopic (exact) mass is 266 g/mol. The predicted octanol–water partition coefficient (Wildman–Crippen LogP) is 4.10. The number of hydrogen-bond donors (Lipinski definition) is 0. The van der Waals surface area contributed by atoms with E-state index >= 15 is 0 Å². The van der Waals surface area contributed by atoms with E-state index in [-0.39, 0.29) is 11.7 Å². The third-order valence-corrected chi connectivity index (χ3v) is 3.49. The van der Waals surface area contributed by atoms with Crippen molar-refractivity contribution in [3.63, 3.8) is 0 Å². The fourth-order valence-corrected chi connectivity index (χ4v) is 2.23. The minimum absolute atomic E-state index is 0.160. The van der Waals surface area contributed by atoms with E-state index in [1.807, 2.05) is 42.5 Å². The Bertz CT molecular complexity index is 607. The minimum atomic E-state index is 0.160. The Morgan fingerprint density at radius 2 is 2.00 bits per heavy atom. The molecule has 0 aliphatic heterocycles. The van der Waals surface area contributed by atoms with Crippen molar-refractivity contribution < 1.29 is 9.53 Å². The van der Waals surface area contributed by atoms with E-state index in [4.69, 9.17) is 4.74 Å². The molecule has 102 valence electrons. The van der Waals surface area contributed by atoms with Crippen molar-refractivity contribution >= 4 is 5.78 Å². The van der Waals surface area contributed by atoms with Gasteiger partial charge in [-0.05, 0) is 60.4 Å². The average Bonchev–Trinajstić information content (AvgIpc) is 2.53. The van der Waals surface area contributed by atoms with Crippen LogP contribution in [0.15, 0.2) is 59.5 Å². The first-order valence-corrected chi connectivity index (χ1v) is 6.79. The first-order chi connectivity index (χ1) is 9.74. The van der Waals surface area contributed by atoms with Crippen molar-refractivity contribution in [3.05, 3.63) is 65.1 Å². The van der Waals surface area contributed by atoms with Crippen LogP contribution in [0, 0.1) is 5.92 Å². The molecule has 1 aromatic rings. The molecular weight excluding hydrogens is 248 g/mol. The van der Waals surface area contributed by atoms with Gasteiger partial charge in [-0.25, -0.2) is 0 Å². The van der Waals surface area contributed by atoms with Gasteiger partial charge < -0.3 is 4.74 Å². The van der Waals surface area contributed by atoms with Crippen molar-refractivity contribution in [2.45, 2.75) is 19.8 Å². The number of Topliss-reactive ketones (excluding diaryl/α,β-unsaturated/α-hetero) is 1. The van der Waals surface area contributed by atoms with Crippen molar-refractivity contribution in [2.75, 3.05) is 7.11 Å². The molecule has 1 aromatic carbocycles. The van der Waals surface area contributed by atoms with Gasteiger partial charge in [0.1, 0.15) is 5.75 Å². The molecule has 0 aromatic heterocycles. The second-order valence-corrected chi connectivity index (χ2v) is 4.73. The van der Waals surface area contributed by atoms with Gasteiger partial charge in [0.05, 0.1) is 7.11 Å². The van der Waals surface area contributed by atoms with E-state index in [0.717, 1.165) is 23.3 Å². The number of ether oxygens (including phenoxy) is 1. The highest BCUT2D eigenvalue weighted by atomic mass is 16.5. The van der Waals surface area contributed by atoms with Crippen molar-refractivity contribution in [1.29, 1.82) is 0 Å². The summed E-state index contributed by atoms with van der Waals surface area (Å²) in [4.78, 5) is 12.3. The summed E-state index contributed by atoms with van der Waals surface area (Å²) in [5, 5.41) is 0. The molecule has 0 radical (unpaired) electrons. The summed E-state index contributed by atoms with van der Waals surface area (Å²) in [6, 6.07) is 7.27. The molecule has 2 nitrogen and oxygen atoms in total.